The first-order valence-electron chi connectivity index (χ1n) is 14.5. The van der Waals surface area contributed by atoms with Crippen LogP contribution in [-0.2, 0) is 9.53 Å². The van der Waals surface area contributed by atoms with Crippen LogP contribution in [0.3, 0.4) is 0 Å². The number of hydrogen-bond acceptors (Lipinski definition) is 3. The number of rotatable bonds is 24. The predicted octanol–water partition coefficient (Wildman–Crippen LogP) is 5.97. The predicted molar refractivity (Wildman–Crippen MR) is 142 cm³/mol. The molecule has 4 nitrogen and oxygen atoms in total. The Labute approximate surface area is 208 Å². The molecular formula is C29H61NO3. The molecular weight excluding hydrogens is 410 g/mol. The van der Waals surface area contributed by atoms with Gasteiger partial charge in [0, 0.05) is 19.0 Å². The Morgan fingerprint density at radius 2 is 1.21 bits per heavy atom. The van der Waals surface area contributed by atoms with Crippen LogP contribution in [0.15, 0.2) is 0 Å². The zero-order valence-corrected chi connectivity index (χ0v) is 23.4. The highest BCUT2D eigenvalue weighted by Crippen LogP contribution is 2.13. The Morgan fingerprint density at radius 3 is 1.64 bits per heavy atom. The summed E-state index contributed by atoms with van der Waals surface area (Å²) in [6, 6.07) is 0. The zero-order valence-electron chi connectivity index (χ0n) is 23.4. The maximum absolute atomic E-state index is 10.2. The van der Waals surface area contributed by atoms with E-state index >= 15 is 0 Å². The molecule has 0 saturated carbocycles. The van der Waals surface area contributed by atoms with Crippen molar-refractivity contribution >= 4 is 5.97 Å². The Bertz CT molecular complexity index is 374. The number of ether oxygens (including phenoxy) is 1. The monoisotopic (exact) mass is 471 g/mol. The highest BCUT2D eigenvalue weighted by Gasteiger charge is 2.05. The van der Waals surface area contributed by atoms with E-state index in [0.717, 1.165) is 32.0 Å². The highest BCUT2D eigenvalue weighted by molar-refractivity contribution is 5.63. The van der Waals surface area contributed by atoms with Crippen molar-refractivity contribution < 1.29 is 19.5 Å². The molecule has 200 valence electrons. The van der Waals surface area contributed by atoms with E-state index in [0.29, 0.717) is 0 Å². The summed E-state index contributed by atoms with van der Waals surface area (Å²) in [5.74, 6) is -0.116. The Balaban J connectivity index is 0. The van der Waals surface area contributed by atoms with E-state index < -0.39 is 5.97 Å². The number of nitrogens with one attached hydrogen (secondary N) is 1. The van der Waals surface area contributed by atoms with Crippen molar-refractivity contribution in [3.63, 3.8) is 0 Å². The third-order valence-electron chi connectivity index (χ3n) is 6.35. The molecule has 0 aromatic heterocycles. The summed E-state index contributed by atoms with van der Waals surface area (Å²) in [5, 5.41) is 10.2. The largest absolute Gasteiger partial charge is 0.550 e. The lowest BCUT2D eigenvalue weighted by atomic mass is 10.0. The minimum Gasteiger partial charge on any atom is -0.550 e. The van der Waals surface area contributed by atoms with Crippen LogP contribution in [0.2, 0.25) is 0 Å². The number of carboxylic acid groups (broad SMARTS) is 1. The molecule has 0 aromatic carbocycles. The number of aliphatic carboxylic acids is 1. The number of unbranched alkanes of at least 4 members (excludes halogenated alkanes) is 13. The molecule has 33 heavy (non-hydrogen) atoms. The van der Waals surface area contributed by atoms with Gasteiger partial charge in [0.15, 0.2) is 0 Å². The molecule has 0 bridgehead atoms. The molecule has 0 heterocycles. The molecule has 0 aliphatic rings. The van der Waals surface area contributed by atoms with E-state index in [9.17, 15) is 9.90 Å². The van der Waals surface area contributed by atoms with E-state index in [4.69, 9.17) is 4.74 Å². The van der Waals surface area contributed by atoms with Gasteiger partial charge in [0.2, 0.25) is 0 Å². The maximum Gasteiger partial charge on any atom is 0.0789 e. The van der Waals surface area contributed by atoms with Crippen molar-refractivity contribution in [2.75, 3.05) is 33.9 Å². The van der Waals surface area contributed by atoms with Crippen LogP contribution in [0.1, 0.15) is 143 Å². The average Bonchev–Trinajstić information content (AvgIpc) is 2.79. The Morgan fingerprint density at radius 1 is 0.727 bits per heavy atom. The van der Waals surface area contributed by atoms with Crippen LogP contribution in [0, 0.1) is 5.92 Å². The van der Waals surface area contributed by atoms with Gasteiger partial charge in [-0.1, -0.05) is 117 Å². The molecule has 1 atom stereocenters. The SMILES string of the molecule is CCCCC(CC)COCCC[NH+](C)C.CCCCCCCCCCCCCCCC(=O)[O-]. The van der Waals surface area contributed by atoms with Gasteiger partial charge in [-0.05, 0) is 25.2 Å². The lowest BCUT2D eigenvalue weighted by Crippen LogP contribution is -3.05. The average molecular weight is 472 g/mol. The number of carboxylic acids is 1. The first-order chi connectivity index (χ1) is 16.0. The Hall–Kier alpha value is -0.610. The molecule has 0 saturated heterocycles. The van der Waals surface area contributed by atoms with Gasteiger partial charge in [0.05, 0.1) is 27.2 Å². The lowest BCUT2D eigenvalue weighted by molar-refractivity contribution is -0.858. The molecule has 0 aromatic rings. The molecule has 0 radical (unpaired) electrons. The summed E-state index contributed by atoms with van der Waals surface area (Å²) in [7, 11) is 4.38. The summed E-state index contributed by atoms with van der Waals surface area (Å²) in [5.41, 5.74) is 0. The fraction of sp³-hybridized carbons (Fsp3) is 0.966. The maximum atomic E-state index is 10.2. The van der Waals surface area contributed by atoms with Crippen molar-refractivity contribution in [3.05, 3.63) is 0 Å². The van der Waals surface area contributed by atoms with Crippen molar-refractivity contribution in [1.82, 2.24) is 0 Å². The second kappa shape index (κ2) is 29.4. The van der Waals surface area contributed by atoms with Gasteiger partial charge in [-0.2, -0.15) is 0 Å². The molecule has 0 aliphatic carbocycles. The minimum atomic E-state index is -0.905. The molecule has 1 N–H and O–H groups in total. The standard InChI is InChI=1S/C16H32O2.C13H29NO/c1-2-3-4-5-6-7-8-9-10-11-12-13-14-15-16(17)18;1-5-7-9-13(6-2)12-15-11-8-10-14(3)4/h2-15H2,1H3,(H,17,18);13H,5-12H2,1-4H3. The summed E-state index contributed by atoms with van der Waals surface area (Å²) in [6.45, 7) is 9.91. The van der Waals surface area contributed by atoms with E-state index in [1.165, 1.54) is 114 Å². The third kappa shape index (κ3) is 33.6. The number of hydrogen-bond donors (Lipinski definition) is 1. The van der Waals surface area contributed by atoms with Gasteiger partial charge in [-0.15, -0.1) is 0 Å². The van der Waals surface area contributed by atoms with Gasteiger partial charge in [-0.25, -0.2) is 0 Å². The van der Waals surface area contributed by atoms with E-state index in [1.54, 1.807) is 0 Å². The molecule has 4 heteroatoms. The molecule has 0 spiro atoms. The molecule has 0 fully saturated rings. The molecule has 0 amide bonds. The fourth-order valence-electron chi connectivity index (χ4n) is 3.96. The highest BCUT2D eigenvalue weighted by atomic mass is 16.5. The second-order valence-electron chi connectivity index (χ2n) is 10.2. The topological polar surface area (TPSA) is 53.8 Å². The normalized spacial score (nSPS) is 11.9. The summed E-state index contributed by atoms with van der Waals surface area (Å²) in [6.07, 6.45) is 23.4. The van der Waals surface area contributed by atoms with Gasteiger partial charge in [-0.3, -0.25) is 0 Å². The Kier molecular flexibility index (Phi) is 30.8. The van der Waals surface area contributed by atoms with E-state index in [2.05, 4.69) is 34.9 Å². The minimum absolute atomic E-state index is 0.234. The van der Waals surface area contributed by atoms with Crippen LogP contribution >= 0.6 is 0 Å². The fourth-order valence-corrected chi connectivity index (χ4v) is 3.96. The van der Waals surface area contributed by atoms with Crippen molar-refractivity contribution in [1.29, 1.82) is 0 Å². The van der Waals surface area contributed by atoms with Gasteiger partial charge >= 0.3 is 0 Å². The van der Waals surface area contributed by atoms with Crippen molar-refractivity contribution in [3.8, 4) is 0 Å². The van der Waals surface area contributed by atoms with E-state index in [1.807, 2.05) is 0 Å². The molecule has 0 rings (SSSR count). The first kappa shape index (κ1) is 34.6. The zero-order chi connectivity index (χ0) is 25.0. The molecule has 0 aliphatic heterocycles. The van der Waals surface area contributed by atoms with Crippen LogP contribution in [0.5, 0.6) is 0 Å². The first-order valence-corrected chi connectivity index (χ1v) is 14.5. The van der Waals surface area contributed by atoms with Gasteiger partial charge in [0.1, 0.15) is 0 Å². The number of carbonyl (C=O) groups excluding carboxylic acids is 1. The second-order valence-corrected chi connectivity index (χ2v) is 10.2. The lowest BCUT2D eigenvalue weighted by Gasteiger charge is -2.14. The van der Waals surface area contributed by atoms with Gasteiger partial charge in [0.25, 0.3) is 0 Å². The summed E-state index contributed by atoms with van der Waals surface area (Å²) >= 11 is 0. The third-order valence-corrected chi connectivity index (χ3v) is 6.35. The summed E-state index contributed by atoms with van der Waals surface area (Å²) in [4.78, 5) is 11.7. The number of quaternary nitrogens is 1. The van der Waals surface area contributed by atoms with Crippen LogP contribution < -0.4 is 10.0 Å². The summed E-state index contributed by atoms with van der Waals surface area (Å²) < 4.78 is 5.72. The van der Waals surface area contributed by atoms with Crippen molar-refractivity contribution in [2.24, 2.45) is 5.92 Å². The van der Waals surface area contributed by atoms with E-state index in [-0.39, 0.29) is 6.42 Å². The van der Waals surface area contributed by atoms with Gasteiger partial charge < -0.3 is 19.5 Å². The van der Waals surface area contributed by atoms with Crippen LogP contribution in [0.25, 0.3) is 0 Å². The quantitative estimate of drug-likeness (QED) is 0.176. The van der Waals surface area contributed by atoms with Crippen LogP contribution in [0.4, 0.5) is 0 Å². The van der Waals surface area contributed by atoms with Crippen LogP contribution in [-0.4, -0.2) is 39.8 Å². The van der Waals surface area contributed by atoms with Crippen molar-refractivity contribution in [2.45, 2.75) is 143 Å². The number of carbonyl (C=O) groups is 1. The smallest absolute Gasteiger partial charge is 0.0789 e. The molecule has 1 unspecified atom stereocenters.